The predicted molar refractivity (Wildman–Crippen MR) is 152 cm³/mol. The second kappa shape index (κ2) is 12.9. The molecule has 0 fully saturated rings. The summed E-state index contributed by atoms with van der Waals surface area (Å²) in [7, 11) is 0. The van der Waals surface area contributed by atoms with Gasteiger partial charge < -0.3 is 15.4 Å². The number of hydrogen-bond acceptors (Lipinski definition) is 8. The van der Waals surface area contributed by atoms with Gasteiger partial charge in [-0.2, -0.15) is 5.10 Å². The lowest BCUT2D eigenvalue weighted by Gasteiger charge is -2.21. The van der Waals surface area contributed by atoms with Gasteiger partial charge in [-0.3, -0.25) is 24.3 Å². The van der Waals surface area contributed by atoms with Crippen LogP contribution < -0.4 is 15.4 Å². The van der Waals surface area contributed by atoms with Crippen LogP contribution in [0.3, 0.4) is 0 Å². The van der Waals surface area contributed by atoms with E-state index in [2.05, 4.69) is 48.2 Å². The molecule has 0 saturated heterocycles. The number of hydrogen-bond donors (Lipinski definition) is 3. The molecule has 1 atom stereocenters. The van der Waals surface area contributed by atoms with Crippen molar-refractivity contribution in [3.05, 3.63) is 70.5 Å². The fraction of sp³-hybridized carbons (Fsp3) is 0.393. The number of carbonyl (C=O) groups is 2. The van der Waals surface area contributed by atoms with Gasteiger partial charge in [-0.15, -0.1) is 16.4 Å². The minimum atomic E-state index is -0.680. The van der Waals surface area contributed by atoms with Crippen LogP contribution in [0.1, 0.15) is 46.3 Å². The van der Waals surface area contributed by atoms with Gasteiger partial charge in [0.25, 0.3) is 5.91 Å². The van der Waals surface area contributed by atoms with Crippen LogP contribution in [0.4, 0.5) is 0 Å². The van der Waals surface area contributed by atoms with Crippen LogP contribution in [-0.4, -0.2) is 67.6 Å². The second-order valence-corrected chi connectivity index (χ2v) is 11.1. The minimum Gasteiger partial charge on any atom is -0.493 e. The number of rotatable bonds is 3. The minimum absolute atomic E-state index is 0.224. The molecule has 2 amide bonds. The van der Waals surface area contributed by atoms with Crippen LogP contribution in [0.25, 0.3) is 10.6 Å². The predicted octanol–water partition coefficient (Wildman–Crippen LogP) is 3.15. The van der Waals surface area contributed by atoms with E-state index in [4.69, 9.17) is 4.74 Å². The van der Waals surface area contributed by atoms with Gasteiger partial charge in [-0.1, -0.05) is 11.3 Å². The second-order valence-electron chi connectivity index (χ2n) is 9.96. The molecule has 3 N–H and O–H groups in total. The number of H-pyrrole nitrogens is 1. The van der Waals surface area contributed by atoms with E-state index in [0.717, 1.165) is 41.3 Å². The molecular weight excluding hydrogens is 528 g/mol. The van der Waals surface area contributed by atoms with Gasteiger partial charge >= 0.3 is 0 Å². The average Bonchev–Trinajstić information content (AvgIpc) is 3.71. The first-order valence-electron chi connectivity index (χ1n) is 13.5. The highest BCUT2D eigenvalue weighted by Crippen LogP contribution is 2.27. The quantitative estimate of drug-likeness (QED) is 0.350. The zero-order valence-corrected chi connectivity index (χ0v) is 23.5. The van der Waals surface area contributed by atoms with E-state index in [1.54, 1.807) is 30.5 Å². The van der Waals surface area contributed by atoms with Crippen molar-refractivity contribution >= 4 is 23.2 Å². The summed E-state index contributed by atoms with van der Waals surface area (Å²) in [6.45, 7) is 7.33. The Labute approximate surface area is 236 Å². The third-order valence-electron chi connectivity index (χ3n) is 6.64. The molecule has 2 bridgehead atoms. The van der Waals surface area contributed by atoms with Crippen LogP contribution in [-0.2, 0) is 24.4 Å². The molecule has 12 heteroatoms. The molecule has 1 aliphatic heterocycles. The molecule has 4 aromatic rings. The van der Waals surface area contributed by atoms with Crippen molar-refractivity contribution in [2.45, 2.75) is 52.4 Å². The molecule has 210 valence electrons. The maximum atomic E-state index is 13.0. The van der Waals surface area contributed by atoms with Crippen molar-refractivity contribution in [3.63, 3.8) is 0 Å². The number of nitrogens with zero attached hydrogens (tertiary/aromatic N) is 5. The monoisotopic (exact) mass is 562 g/mol. The Morgan fingerprint density at radius 1 is 1.12 bits per heavy atom. The normalized spacial score (nSPS) is 18.0. The number of aryl methyl sites for hydroxylation is 2. The summed E-state index contributed by atoms with van der Waals surface area (Å²) in [5, 5.41) is 21.5. The number of aromatic amines is 1. The molecular formula is C28H34N8O3S. The number of carbonyl (C=O) groups excluding carboxylic acids is 2. The highest BCUT2D eigenvalue weighted by atomic mass is 32.1. The molecule has 0 aliphatic carbocycles. The summed E-state index contributed by atoms with van der Waals surface area (Å²) in [5.74, 6) is -0.0619. The van der Waals surface area contributed by atoms with E-state index in [9.17, 15) is 9.59 Å². The van der Waals surface area contributed by atoms with Crippen LogP contribution >= 0.6 is 11.3 Å². The number of nitrogens with one attached hydrogen (secondary N) is 3. The van der Waals surface area contributed by atoms with Crippen molar-refractivity contribution < 1.29 is 14.3 Å². The van der Waals surface area contributed by atoms with E-state index in [-0.39, 0.29) is 11.8 Å². The van der Waals surface area contributed by atoms with Gasteiger partial charge in [-0.05, 0) is 56.2 Å². The number of ether oxygens (including phenoxy) is 1. The van der Waals surface area contributed by atoms with Crippen LogP contribution in [0.2, 0.25) is 0 Å². The van der Waals surface area contributed by atoms with Gasteiger partial charge in [-0.25, -0.2) is 0 Å². The molecule has 4 heterocycles. The van der Waals surface area contributed by atoms with E-state index >= 15 is 0 Å². The summed E-state index contributed by atoms with van der Waals surface area (Å²) in [5.41, 5.74) is 3.28. The number of amides is 2. The van der Waals surface area contributed by atoms with Crippen molar-refractivity contribution in [1.29, 1.82) is 0 Å². The Balaban J connectivity index is 1.29. The summed E-state index contributed by atoms with van der Waals surface area (Å²) in [4.78, 5) is 30.4. The number of aromatic nitrogens is 5. The third kappa shape index (κ3) is 7.13. The molecule has 5 rings (SSSR count). The maximum absolute atomic E-state index is 13.0. The molecule has 0 spiro atoms. The molecule has 1 aromatic carbocycles. The topological polar surface area (TPSA) is 130 Å². The Morgan fingerprint density at radius 2 is 2.02 bits per heavy atom. The van der Waals surface area contributed by atoms with Crippen molar-refractivity contribution in [2.24, 2.45) is 0 Å². The summed E-state index contributed by atoms with van der Waals surface area (Å²) < 4.78 is 7.82. The highest BCUT2D eigenvalue weighted by Gasteiger charge is 2.20. The summed E-state index contributed by atoms with van der Waals surface area (Å²) in [6, 6.07) is 11.0. The highest BCUT2D eigenvalue weighted by molar-refractivity contribution is 7.15. The SMILES string of the molecule is Cc1ccc2c(c1)OCCCn1cc(nn1)CN(Cc1ccc(-c3ccn[nH]3)s1)CCCNC(=O)[C@@H](C)NC2=O. The molecule has 40 heavy (non-hydrogen) atoms. The smallest absolute Gasteiger partial charge is 0.255 e. The van der Waals surface area contributed by atoms with E-state index in [1.165, 1.54) is 4.88 Å². The van der Waals surface area contributed by atoms with Gasteiger partial charge in [0.1, 0.15) is 11.8 Å². The number of benzene rings is 1. The molecule has 0 saturated carbocycles. The van der Waals surface area contributed by atoms with Crippen molar-refractivity contribution in [3.8, 4) is 16.3 Å². The molecule has 3 aromatic heterocycles. The van der Waals surface area contributed by atoms with Crippen LogP contribution in [0, 0.1) is 6.92 Å². The molecule has 0 radical (unpaired) electrons. The molecule has 11 nitrogen and oxygen atoms in total. The first kappa shape index (κ1) is 27.5. The molecule has 0 unspecified atom stereocenters. The zero-order chi connectivity index (χ0) is 27.9. The largest absolute Gasteiger partial charge is 0.493 e. The Morgan fingerprint density at radius 3 is 2.88 bits per heavy atom. The first-order valence-corrected chi connectivity index (χ1v) is 14.3. The van der Waals surface area contributed by atoms with Crippen LogP contribution in [0.15, 0.2) is 48.8 Å². The lowest BCUT2D eigenvalue weighted by molar-refractivity contribution is -0.122. The Kier molecular flexibility index (Phi) is 8.87. The third-order valence-corrected chi connectivity index (χ3v) is 7.74. The average molecular weight is 563 g/mol. The van der Waals surface area contributed by atoms with Gasteiger partial charge in [0.2, 0.25) is 5.91 Å². The van der Waals surface area contributed by atoms with Gasteiger partial charge in [0.05, 0.1) is 28.4 Å². The molecule has 1 aliphatic rings. The van der Waals surface area contributed by atoms with Crippen LogP contribution in [0.5, 0.6) is 5.75 Å². The maximum Gasteiger partial charge on any atom is 0.255 e. The van der Waals surface area contributed by atoms with Crippen molar-refractivity contribution in [1.82, 2.24) is 40.7 Å². The fourth-order valence-electron chi connectivity index (χ4n) is 4.54. The van der Waals surface area contributed by atoms with E-state index in [0.29, 0.717) is 44.0 Å². The Bertz CT molecular complexity index is 1430. The van der Waals surface area contributed by atoms with E-state index < -0.39 is 6.04 Å². The fourth-order valence-corrected chi connectivity index (χ4v) is 5.56. The van der Waals surface area contributed by atoms with Crippen molar-refractivity contribution in [2.75, 3.05) is 19.7 Å². The summed E-state index contributed by atoms with van der Waals surface area (Å²) >= 11 is 1.73. The number of fused-ring (bicyclic) bond motifs is 3. The lowest BCUT2D eigenvalue weighted by atomic mass is 10.1. The summed E-state index contributed by atoms with van der Waals surface area (Å²) in [6.07, 6.45) is 5.17. The van der Waals surface area contributed by atoms with Gasteiger partial charge in [0, 0.05) is 56.4 Å². The standard InChI is InChI=1S/C28H34N8O3S/c1-19-5-7-23-25(15-19)39-14-4-13-36-17-21(32-34-36)16-35(12-3-10-29-27(37)20(2)31-28(23)38)18-22-6-8-26(40-22)24-9-11-30-33-24/h5-9,11,15,17,20H,3-4,10,12-14,16,18H2,1-2H3,(H,29,37)(H,30,33)(H,31,38)/t20-/m1/s1. The zero-order valence-electron chi connectivity index (χ0n) is 22.7. The lowest BCUT2D eigenvalue weighted by Crippen LogP contribution is -2.45. The van der Waals surface area contributed by atoms with E-state index in [1.807, 2.05) is 36.0 Å². The Hall–Kier alpha value is -4.03. The van der Waals surface area contributed by atoms with Gasteiger partial charge in [0.15, 0.2) is 0 Å². The first-order chi connectivity index (χ1) is 19.4. The number of thiophene rings is 1.